The Morgan fingerprint density at radius 3 is 1.09 bits per heavy atom. The van der Waals surface area contributed by atoms with E-state index in [2.05, 4.69) is 133 Å². The monoisotopic (exact) mass is 2460 g/mol. The first kappa shape index (κ1) is 172. The average Bonchev–Trinajstić information content (AvgIpc) is 0.914. The van der Waals surface area contributed by atoms with Gasteiger partial charge in [0.1, 0.15) is 11.5 Å². The number of isothiocyanates is 1. The van der Waals surface area contributed by atoms with E-state index in [0.717, 1.165) is 188 Å². The molecule has 844 valence electrons. The Bertz CT molecular complexity index is 3960. The molecule has 148 heavy (non-hydrogen) atoms. The number of ketones is 1. The van der Waals surface area contributed by atoms with E-state index in [1.165, 1.54) is 37.7 Å². The summed E-state index contributed by atoms with van der Waals surface area (Å²) in [7, 11) is 11.3. The molecular formula is C92H161AlBrCl9LiMgN14NaO23S5. The normalized spacial score (nSPS) is 15.8. The number of carboxylic acids is 1. The van der Waals surface area contributed by atoms with Gasteiger partial charge in [0.05, 0.1) is 36.8 Å². The Balaban J connectivity index is -0.000000122. The van der Waals surface area contributed by atoms with Gasteiger partial charge >= 0.3 is 92.7 Å². The maximum Gasteiger partial charge on any atom is 2.00 e. The minimum atomic E-state index is -4.19. The standard InChI is InChI=1S/C16H22N2O2S.C10H12O2.C9H18N2OS.C8H15N3O.C8H5NOS.C8H17NO.C8H16O2.C7H12O3.C6H10O3.2C4H8O.2CHCl3.CH4O.CH3.Al.BrH.Cl2OS.ClHO3S.Li.Mg.N3.H4N2.Na.4H/c1-16(2,13-8-10-20-11-9-13)18-15(21)17-14(19)12-6-4-3-5-7-12;1-8(11)7-9-3-5-10(12-2)6-4-9;1-9(2,11-8(10)13)7-3-5-12-6-4-7;1-8(2,10-11-9)7-3-5-12-6-4-7;10-8(9-6-11)7-4-2-1-3-5-7;2*1-8(2,9)7-3-5-10-6-4-7;1-9-7(8)6-2-4-10-5-3-6;7-6(8)5-1-3-9-4-2-5;2*1-2-4-5-3-1;2*2-1(3)4;1-2;;;;1-4(2)3;1-5(2,3)4;;;1-3-2;1-2;;;;;/h3-7,13H,8-11H2,1-2H3,(H2,17,18,19,21);3-6H,7H2,1-2H3;7H,3-6H2,1-2H3,(H3,10,11,13);7H,3-6H2,1-2H3;1-5H;7H,3-6,9H2,1-2H3;7,9H,3-6H2,1-2H3;6H,2-5H2,1H3;5H,1-4H2,(H,7,8);2*1-4H2;2*1H;2H,1H3;1H3;;1H;;(H,2,3,4);;;;1-2H2;;;;;/q;;;;;;;;;;;;;;-1;;;;;+1;+2;-1;;+1;;;;-1/p-1. The molecule has 0 unspecified atom stereocenters. The molecule has 0 bridgehead atoms. The van der Waals surface area contributed by atoms with Crippen molar-refractivity contribution in [3.63, 3.8) is 0 Å². The van der Waals surface area contributed by atoms with Crippen LogP contribution in [0, 0.1) is 48.9 Å². The van der Waals surface area contributed by atoms with Gasteiger partial charge in [0, 0.05) is 203 Å². The molecule has 0 aromatic heterocycles. The van der Waals surface area contributed by atoms with Crippen LogP contribution < -0.4 is 109 Å². The summed E-state index contributed by atoms with van der Waals surface area (Å²) < 4.78 is 88.7. The number of hydrazine groups is 1. The van der Waals surface area contributed by atoms with E-state index in [4.69, 9.17) is 197 Å². The van der Waals surface area contributed by atoms with Crippen LogP contribution in [0.1, 0.15) is 219 Å². The fraction of sp³-hybridized carbons (Fsp3) is 0.707. The molecular weight excluding hydrogens is 2310 g/mol. The SMILES string of the molecule is C1CCOC1.C1CCOC1.CC(C)(N)C1CCOCC1.CC(C)(N=[N+]=[N-])C1CCOCC1.CC(C)(NC(=S)NC(=O)c1ccccc1)C1CCOCC1.CC(C)(NC(N)=S)C1CCOCC1.CC(C)(O)C1CCOCC1.CO.COC(=O)C1CCOCC1.COc1ccc(CC(C)=O)cc1.ClC(Cl)Cl.ClC(Cl)Cl.NN.O=C(N=C=S)c1ccccc1.O=C(O)C1CCOCC1.O=S(=O)(O)Cl.O=S(Cl)Cl.[AlH3].[Br-].[CH3-].[H-].[Li+].[Mg+2].[N-]=[N+]=[N-].[Na+]. The molecule has 9 fully saturated rings. The summed E-state index contributed by atoms with van der Waals surface area (Å²) >= 11 is 43.2. The molecule has 9 heterocycles. The first-order valence-electron chi connectivity index (χ1n) is 45.4. The summed E-state index contributed by atoms with van der Waals surface area (Å²) in [5.41, 5.74) is 34.5. The van der Waals surface area contributed by atoms with Crippen LogP contribution in [0.2, 0.25) is 0 Å². The molecule has 9 aliphatic rings. The van der Waals surface area contributed by atoms with Gasteiger partial charge in [0.15, 0.2) is 36.2 Å². The van der Waals surface area contributed by atoms with Crippen molar-refractivity contribution in [2.45, 2.75) is 235 Å². The molecule has 56 heteroatoms. The van der Waals surface area contributed by atoms with E-state index in [1.54, 1.807) is 50.4 Å². The Morgan fingerprint density at radius 1 is 0.568 bits per heavy atom. The third kappa shape index (κ3) is 109. The zero-order valence-electron chi connectivity index (χ0n) is 89.0. The summed E-state index contributed by atoms with van der Waals surface area (Å²) in [6.07, 6.45) is 19.1. The molecule has 15 N–H and O–H groups in total. The van der Waals surface area contributed by atoms with Gasteiger partial charge in [-0.15, -0.1) is 0 Å². The van der Waals surface area contributed by atoms with Gasteiger partial charge < -0.3 is 126 Å². The molecule has 9 aliphatic heterocycles. The number of nitrogens with two attached hydrogens (primary N) is 4. The van der Waals surface area contributed by atoms with E-state index in [1.807, 2.05) is 81.4 Å². The van der Waals surface area contributed by atoms with Gasteiger partial charge in [-0.05, 0) is 292 Å². The number of ether oxygens (including phenoxy) is 11. The Hall–Kier alpha value is -1.30. The Kier molecular flexibility index (Phi) is 126. The number of benzene rings is 3. The number of aliphatic carboxylic acids is 1. The third-order valence-corrected chi connectivity index (χ3v) is 21.8. The molecule has 3 aromatic carbocycles. The maximum absolute atomic E-state index is 12.1. The second-order valence-electron chi connectivity index (χ2n) is 34.0. The number of carboxylic acid groups (broad SMARTS) is 1. The number of nitrogens with one attached hydrogen (secondary N) is 3. The summed E-state index contributed by atoms with van der Waals surface area (Å²) in [4.78, 5) is 62.6. The molecule has 0 saturated carbocycles. The molecule has 0 atom stereocenters. The van der Waals surface area contributed by atoms with E-state index < -0.39 is 38.7 Å². The van der Waals surface area contributed by atoms with Crippen LogP contribution in [0.5, 0.6) is 5.75 Å². The van der Waals surface area contributed by atoms with Gasteiger partial charge in [-0.2, -0.15) is 13.4 Å². The van der Waals surface area contributed by atoms with Crippen molar-refractivity contribution >= 4 is 242 Å². The third-order valence-electron chi connectivity index (χ3n) is 21.4. The number of carbonyl (C=O) groups is 5. The smallest absolute Gasteiger partial charge is 1.00 e. The first-order valence-corrected chi connectivity index (χ1v) is 54.3. The van der Waals surface area contributed by atoms with E-state index >= 15 is 0 Å². The minimum absolute atomic E-state index is 0. The van der Waals surface area contributed by atoms with Crippen molar-refractivity contribution < 1.29 is 175 Å². The maximum atomic E-state index is 12.1. The van der Waals surface area contributed by atoms with Crippen molar-refractivity contribution in [1.82, 2.24) is 16.0 Å². The second kappa shape index (κ2) is 108. The predicted octanol–water partition coefficient (Wildman–Crippen LogP) is 9.14. The number of nitrogens with zero attached hydrogens (tertiary/aromatic N) is 7. The number of amides is 2. The van der Waals surface area contributed by atoms with E-state index in [-0.39, 0.29) is 172 Å². The van der Waals surface area contributed by atoms with Crippen molar-refractivity contribution in [3.8, 4) is 5.75 Å². The number of hydrogen-bond acceptors (Lipinski definition) is 28. The molecule has 2 amide bonds. The molecule has 0 aliphatic carbocycles. The predicted molar refractivity (Wildman–Crippen MR) is 603 cm³/mol. The Morgan fingerprint density at radius 2 is 0.851 bits per heavy atom. The summed E-state index contributed by atoms with van der Waals surface area (Å²) in [5.74, 6) is 10.3. The number of esters is 1. The van der Waals surface area contributed by atoms with Crippen LogP contribution >= 0.6 is 138 Å². The fourth-order valence-corrected chi connectivity index (χ4v) is 14.4. The number of alkyl halides is 6. The molecule has 9 saturated heterocycles. The van der Waals surface area contributed by atoms with Crippen LogP contribution in [0.4, 0.5) is 0 Å². The zero-order valence-corrected chi connectivity index (χ0v) is 104. The molecule has 0 spiro atoms. The number of aliphatic imine (C=N–C) groups is 1. The van der Waals surface area contributed by atoms with Crippen molar-refractivity contribution in [3.05, 3.63) is 135 Å². The summed E-state index contributed by atoms with van der Waals surface area (Å²) in [6, 6.07) is 25.3. The van der Waals surface area contributed by atoms with Gasteiger partial charge in [0.2, 0.25) is 9.23 Å². The van der Waals surface area contributed by atoms with E-state index in [0.29, 0.717) is 96.6 Å². The van der Waals surface area contributed by atoms with Crippen LogP contribution in [-0.2, 0) is 86.7 Å². The fourth-order valence-electron chi connectivity index (χ4n) is 13.7. The zero-order chi connectivity index (χ0) is 110. The van der Waals surface area contributed by atoms with Gasteiger partial charge in [-0.1, -0.05) is 137 Å². The quantitative estimate of drug-likeness (QED) is 0.00539. The number of hydrogen-bond donors (Lipinski definition) is 11. The van der Waals surface area contributed by atoms with Crippen LogP contribution in [0.15, 0.2) is 95.0 Å². The van der Waals surface area contributed by atoms with E-state index in [9.17, 15) is 29.1 Å². The number of rotatable bonds is 15. The first-order chi connectivity index (χ1) is 66.7. The number of azide groups is 1. The van der Waals surface area contributed by atoms with Crippen molar-refractivity contribution in [2.24, 2.45) is 74.7 Å². The number of methoxy groups -OCH3 is 2. The van der Waals surface area contributed by atoms with Gasteiger partial charge in [0.25, 0.3) is 11.8 Å². The number of carbonyl (C=O) groups excluding carboxylic acids is 4. The second-order valence-corrected chi connectivity index (χ2v) is 43.5. The summed E-state index contributed by atoms with van der Waals surface area (Å²) in [5, 5.41) is 40.8. The topological polar surface area (TPSA) is 579 Å². The number of aliphatic hydroxyl groups is 2. The van der Waals surface area contributed by atoms with Crippen LogP contribution in [-0.4, -0.2) is 294 Å². The number of halogens is 10. The molecule has 37 nitrogen and oxygen atoms in total. The largest absolute Gasteiger partial charge is 2.00 e. The molecule has 3 aromatic rings. The summed E-state index contributed by atoms with van der Waals surface area (Å²) in [6.45, 7) is 36.9. The van der Waals surface area contributed by atoms with Crippen molar-refractivity contribution in [2.75, 3.05) is 140 Å². The van der Waals surface area contributed by atoms with Crippen LogP contribution in [0.3, 0.4) is 0 Å². The van der Waals surface area contributed by atoms with Crippen LogP contribution in [0.25, 0.3) is 26.4 Å². The molecule has 12 rings (SSSR count). The minimum Gasteiger partial charge on any atom is -1.00 e. The number of Topliss-reactive ketones (excluding diaryl/α,β-unsaturated/α-hetero) is 1. The van der Waals surface area contributed by atoms with Gasteiger partial charge in [-0.25, -0.2) is 4.21 Å². The number of aliphatic hydroxyl groups excluding tert-OH is 1. The van der Waals surface area contributed by atoms with Gasteiger partial charge in [-0.3, -0.25) is 50.4 Å². The van der Waals surface area contributed by atoms with Crippen molar-refractivity contribution in [1.29, 1.82) is 0 Å². The number of thiocarbonyl (C=S) groups is 3. The Labute approximate surface area is 1010 Å². The molecule has 0 radical (unpaired) electrons. The average molecular weight is 2470 g/mol.